The number of likely N-dealkylation sites (N-methyl/N-ethyl adjacent to an activating group) is 1. The standard InChI is InChI=1S/C12H27N3/c1-14(2)12-7-10-15(11-12)9-6-4-3-5-8-13/h12H,3-11,13H2,1-2H3. The second-order valence-electron chi connectivity index (χ2n) is 4.91. The van der Waals surface area contributed by atoms with E-state index in [9.17, 15) is 0 Å². The van der Waals surface area contributed by atoms with Crippen molar-refractivity contribution in [2.24, 2.45) is 5.73 Å². The molecule has 0 aromatic carbocycles. The van der Waals surface area contributed by atoms with E-state index in [1.165, 1.54) is 51.7 Å². The Labute approximate surface area is 94.6 Å². The zero-order valence-corrected chi connectivity index (χ0v) is 10.4. The Morgan fingerprint density at radius 2 is 1.93 bits per heavy atom. The molecule has 0 aliphatic carbocycles. The van der Waals surface area contributed by atoms with E-state index < -0.39 is 0 Å². The number of nitrogens with two attached hydrogens (primary N) is 1. The van der Waals surface area contributed by atoms with Gasteiger partial charge in [-0.2, -0.15) is 0 Å². The summed E-state index contributed by atoms with van der Waals surface area (Å²) < 4.78 is 0. The average Bonchev–Trinajstić information content (AvgIpc) is 2.66. The van der Waals surface area contributed by atoms with E-state index in [4.69, 9.17) is 5.73 Å². The molecule has 1 aliphatic heterocycles. The van der Waals surface area contributed by atoms with E-state index in [-0.39, 0.29) is 0 Å². The average molecular weight is 213 g/mol. The van der Waals surface area contributed by atoms with E-state index in [1.54, 1.807) is 0 Å². The monoisotopic (exact) mass is 213 g/mol. The first-order chi connectivity index (χ1) is 7.24. The van der Waals surface area contributed by atoms with Crippen LogP contribution in [0.4, 0.5) is 0 Å². The normalized spacial score (nSPS) is 22.8. The molecule has 1 saturated heterocycles. The summed E-state index contributed by atoms with van der Waals surface area (Å²) in [5, 5.41) is 0. The summed E-state index contributed by atoms with van der Waals surface area (Å²) in [6.45, 7) is 4.70. The quantitative estimate of drug-likeness (QED) is 0.644. The molecule has 0 aromatic heterocycles. The van der Waals surface area contributed by atoms with Gasteiger partial charge >= 0.3 is 0 Å². The predicted octanol–water partition coefficient (Wildman–Crippen LogP) is 1.14. The Morgan fingerprint density at radius 3 is 2.53 bits per heavy atom. The molecular weight excluding hydrogens is 186 g/mol. The van der Waals surface area contributed by atoms with Gasteiger partial charge in [-0.15, -0.1) is 0 Å². The zero-order valence-electron chi connectivity index (χ0n) is 10.4. The lowest BCUT2D eigenvalue weighted by atomic mass is 10.2. The minimum absolute atomic E-state index is 0.786. The van der Waals surface area contributed by atoms with Crippen molar-refractivity contribution in [2.75, 3.05) is 40.3 Å². The minimum Gasteiger partial charge on any atom is -0.330 e. The maximum Gasteiger partial charge on any atom is 0.0229 e. The highest BCUT2D eigenvalue weighted by Crippen LogP contribution is 2.14. The van der Waals surface area contributed by atoms with Crippen molar-refractivity contribution < 1.29 is 0 Å². The van der Waals surface area contributed by atoms with Gasteiger partial charge in [0, 0.05) is 12.6 Å². The van der Waals surface area contributed by atoms with Crippen molar-refractivity contribution in [3.05, 3.63) is 0 Å². The summed E-state index contributed by atoms with van der Waals surface area (Å²) in [5.41, 5.74) is 5.47. The molecule has 1 fully saturated rings. The Bertz CT molecular complexity index is 159. The molecule has 0 aromatic rings. The smallest absolute Gasteiger partial charge is 0.0229 e. The highest BCUT2D eigenvalue weighted by molar-refractivity contribution is 4.80. The lowest BCUT2D eigenvalue weighted by Crippen LogP contribution is -2.31. The van der Waals surface area contributed by atoms with Gasteiger partial charge in [0.1, 0.15) is 0 Å². The molecule has 0 bridgehead atoms. The number of rotatable bonds is 7. The topological polar surface area (TPSA) is 32.5 Å². The molecule has 1 heterocycles. The van der Waals surface area contributed by atoms with E-state index in [1.807, 2.05) is 0 Å². The molecule has 3 heteroatoms. The van der Waals surface area contributed by atoms with Gasteiger partial charge in [0.25, 0.3) is 0 Å². The third-order valence-electron chi connectivity index (χ3n) is 3.41. The van der Waals surface area contributed by atoms with Gasteiger partial charge in [-0.25, -0.2) is 0 Å². The number of nitrogens with zero attached hydrogens (tertiary/aromatic N) is 2. The largest absolute Gasteiger partial charge is 0.330 e. The fraction of sp³-hybridized carbons (Fsp3) is 1.00. The van der Waals surface area contributed by atoms with Gasteiger partial charge in [0.05, 0.1) is 0 Å². The lowest BCUT2D eigenvalue weighted by molar-refractivity contribution is 0.265. The molecule has 1 unspecified atom stereocenters. The van der Waals surface area contributed by atoms with Crippen molar-refractivity contribution >= 4 is 0 Å². The second kappa shape index (κ2) is 7.20. The highest BCUT2D eigenvalue weighted by Gasteiger charge is 2.22. The van der Waals surface area contributed by atoms with Crippen molar-refractivity contribution in [1.82, 2.24) is 9.80 Å². The summed E-state index contributed by atoms with van der Waals surface area (Å²) in [4.78, 5) is 4.96. The molecule has 0 spiro atoms. The van der Waals surface area contributed by atoms with Crippen LogP contribution in [0.1, 0.15) is 32.1 Å². The summed E-state index contributed by atoms with van der Waals surface area (Å²) >= 11 is 0. The van der Waals surface area contributed by atoms with Crippen LogP contribution in [-0.2, 0) is 0 Å². The number of likely N-dealkylation sites (tertiary alicyclic amines) is 1. The van der Waals surface area contributed by atoms with E-state index in [0.717, 1.165) is 12.6 Å². The van der Waals surface area contributed by atoms with E-state index >= 15 is 0 Å². The second-order valence-corrected chi connectivity index (χ2v) is 4.91. The third kappa shape index (κ3) is 4.96. The Hall–Kier alpha value is -0.120. The third-order valence-corrected chi connectivity index (χ3v) is 3.41. The Balaban J connectivity index is 1.99. The fourth-order valence-corrected chi connectivity index (χ4v) is 2.27. The van der Waals surface area contributed by atoms with Gasteiger partial charge in [-0.3, -0.25) is 0 Å². The molecule has 3 nitrogen and oxygen atoms in total. The van der Waals surface area contributed by atoms with Crippen LogP contribution in [-0.4, -0.2) is 56.1 Å². The molecule has 0 saturated carbocycles. The Kier molecular flexibility index (Phi) is 6.22. The maximum absolute atomic E-state index is 5.47. The number of hydrogen-bond acceptors (Lipinski definition) is 3. The first-order valence-corrected chi connectivity index (χ1v) is 6.33. The number of hydrogen-bond donors (Lipinski definition) is 1. The van der Waals surface area contributed by atoms with Crippen LogP contribution >= 0.6 is 0 Å². The molecule has 0 radical (unpaired) electrons. The first-order valence-electron chi connectivity index (χ1n) is 6.33. The van der Waals surface area contributed by atoms with Crippen molar-refractivity contribution in [1.29, 1.82) is 0 Å². The Morgan fingerprint density at radius 1 is 1.20 bits per heavy atom. The summed E-state index contributed by atoms with van der Waals surface area (Å²) in [7, 11) is 4.38. The van der Waals surface area contributed by atoms with Crippen LogP contribution in [0.2, 0.25) is 0 Å². The van der Waals surface area contributed by atoms with Crippen molar-refractivity contribution in [2.45, 2.75) is 38.1 Å². The number of unbranched alkanes of at least 4 members (excludes halogenated alkanes) is 3. The van der Waals surface area contributed by atoms with Gasteiger partial charge < -0.3 is 15.5 Å². The molecule has 15 heavy (non-hydrogen) atoms. The van der Waals surface area contributed by atoms with Crippen LogP contribution in [0.15, 0.2) is 0 Å². The fourth-order valence-electron chi connectivity index (χ4n) is 2.27. The van der Waals surface area contributed by atoms with Crippen molar-refractivity contribution in [3.63, 3.8) is 0 Å². The predicted molar refractivity (Wildman–Crippen MR) is 66.1 cm³/mol. The molecule has 90 valence electrons. The summed E-state index contributed by atoms with van der Waals surface area (Å²) in [6, 6.07) is 0.786. The molecule has 2 N–H and O–H groups in total. The zero-order chi connectivity index (χ0) is 11.1. The SMILES string of the molecule is CN(C)C1CCN(CCCCCCN)C1. The summed E-state index contributed by atoms with van der Waals surface area (Å²) in [5.74, 6) is 0. The molecular formula is C12H27N3. The van der Waals surface area contributed by atoms with Crippen LogP contribution in [0.25, 0.3) is 0 Å². The van der Waals surface area contributed by atoms with Crippen LogP contribution in [0, 0.1) is 0 Å². The van der Waals surface area contributed by atoms with Gasteiger partial charge in [0.15, 0.2) is 0 Å². The van der Waals surface area contributed by atoms with E-state index in [2.05, 4.69) is 23.9 Å². The van der Waals surface area contributed by atoms with Crippen molar-refractivity contribution in [3.8, 4) is 0 Å². The molecule has 1 aliphatic rings. The minimum atomic E-state index is 0.786. The summed E-state index contributed by atoms with van der Waals surface area (Å²) in [6.07, 6.45) is 6.54. The van der Waals surface area contributed by atoms with Crippen LogP contribution in [0.3, 0.4) is 0 Å². The van der Waals surface area contributed by atoms with Gasteiger partial charge in [-0.1, -0.05) is 12.8 Å². The highest BCUT2D eigenvalue weighted by atomic mass is 15.2. The van der Waals surface area contributed by atoms with Gasteiger partial charge in [-0.05, 0) is 53.0 Å². The van der Waals surface area contributed by atoms with Crippen LogP contribution in [0.5, 0.6) is 0 Å². The van der Waals surface area contributed by atoms with Crippen LogP contribution < -0.4 is 5.73 Å². The van der Waals surface area contributed by atoms with E-state index in [0.29, 0.717) is 0 Å². The molecule has 1 atom stereocenters. The van der Waals surface area contributed by atoms with Gasteiger partial charge in [0.2, 0.25) is 0 Å². The lowest BCUT2D eigenvalue weighted by Gasteiger charge is -2.20. The first kappa shape index (κ1) is 12.9. The molecule has 0 amide bonds. The molecule has 1 rings (SSSR count). The maximum atomic E-state index is 5.47.